The van der Waals surface area contributed by atoms with E-state index in [4.69, 9.17) is 18.4 Å². The molecule has 0 fully saturated rings. The summed E-state index contributed by atoms with van der Waals surface area (Å²) in [6, 6.07) is 15.5. The summed E-state index contributed by atoms with van der Waals surface area (Å²) in [5.74, 6) is -0.448. The van der Waals surface area contributed by atoms with Crippen LogP contribution in [0, 0.1) is 0 Å². The molecule has 0 aliphatic heterocycles. The zero-order chi connectivity index (χ0) is 25.4. The van der Waals surface area contributed by atoms with Crippen molar-refractivity contribution in [3.63, 3.8) is 0 Å². The number of rotatable bonds is 9. The summed E-state index contributed by atoms with van der Waals surface area (Å²) in [5.41, 5.74) is 2.94. The van der Waals surface area contributed by atoms with E-state index in [1.54, 1.807) is 48.5 Å². The van der Waals surface area contributed by atoms with Crippen LogP contribution < -0.4 is 20.2 Å². The van der Waals surface area contributed by atoms with Gasteiger partial charge in [-0.1, -0.05) is 24.3 Å². The molecule has 1 aromatic heterocycles. The molecule has 0 radical (unpaired) electrons. The van der Waals surface area contributed by atoms with Crippen molar-refractivity contribution in [1.29, 1.82) is 0 Å². The van der Waals surface area contributed by atoms with E-state index >= 15 is 0 Å². The number of benzene rings is 2. The van der Waals surface area contributed by atoms with Gasteiger partial charge in [-0.3, -0.25) is 14.1 Å². The molecule has 0 aliphatic rings. The molecule has 3 rings (SSSR count). The molecule has 2 aromatic carbocycles. The van der Waals surface area contributed by atoms with E-state index in [0.717, 1.165) is 12.3 Å². The van der Waals surface area contributed by atoms with Gasteiger partial charge in [0.15, 0.2) is 11.5 Å². The highest BCUT2D eigenvalue weighted by molar-refractivity contribution is 7.85. The molecule has 182 valence electrons. The number of furan rings is 1. The fourth-order valence-corrected chi connectivity index (χ4v) is 3.25. The molecule has 2 amide bonds. The van der Waals surface area contributed by atoms with E-state index in [1.807, 2.05) is 0 Å². The van der Waals surface area contributed by atoms with Crippen molar-refractivity contribution in [2.75, 3.05) is 14.2 Å². The average molecular weight is 500 g/mol. The third kappa shape index (κ3) is 6.79. The predicted octanol–water partition coefficient (Wildman–Crippen LogP) is 2.46. The minimum absolute atomic E-state index is 0.0448. The monoisotopic (exact) mass is 499 g/mol. The summed E-state index contributed by atoms with van der Waals surface area (Å²) in [6.07, 6.45) is 2.44. The molecule has 12 heteroatoms. The summed E-state index contributed by atoms with van der Waals surface area (Å²) < 4.78 is 46.5. The van der Waals surface area contributed by atoms with Crippen molar-refractivity contribution in [2.24, 2.45) is 5.10 Å². The van der Waals surface area contributed by atoms with Crippen molar-refractivity contribution in [2.45, 2.75) is 5.09 Å². The van der Waals surface area contributed by atoms with Crippen LogP contribution in [0.3, 0.4) is 0 Å². The first-order valence-corrected chi connectivity index (χ1v) is 11.4. The van der Waals surface area contributed by atoms with Gasteiger partial charge in [-0.05, 0) is 48.0 Å². The maximum absolute atomic E-state index is 12.8. The van der Waals surface area contributed by atoms with Crippen LogP contribution in [0.4, 0.5) is 0 Å². The number of hydrogen-bond acceptors (Lipinski definition) is 8. The lowest BCUT2D eigenvalue weighted by atomic mass is 10.1. The fraction of sp³-hybridized carbons (Fsp3) is 0.0870. The predicted molar refractivity (Wildman–Crippen MR) is 126 cm³/mol. The highest BCUT2D eigenvalue weighted by atomic mass is 32.2. The van der Waals surface area contributed by atoms with Gasteiger partial charge in [0.05, 0.1) is 20.4 Å². The van der Waals surface area contributed by atoms with Crippen LogP contribution in [-0.2, 0) is 14.9 Å². The molecule has 0 saturated heterocycles. The van der Waals surface area contributed by atoms with Crippen molar-refractivity contribution in [1.82, 2.24) is 10.7 Å². The molecular weight excluding hydrogens is 478 g/mol. The van der Waals surface area contributed by atoms with Crippen LogP contribution in [0.15, 0.2) is 81.0 Å². The standard InChI is InChI=1S/C23H21N3O8S/c1-32-19-10-8-15(13-20(19)33-2)12-18(25-22(27)16-6-4-3-5-7-16)23(28)26-24-14-17-9-11-21(34-17)35(29,30)31/h3-14H,1-2H3,(H,25,27)(H,26,28)(H,29,30,31)/b18-12+,24-14+. The Bertz CT molecular complexity index is 1380. The molecule has 0 saturated carbocycles. The zero-order valence-corrected chi connectivity index (χ0v) is 19.4. The van der Waals surface area contributed by atoms with E-state index in [0.29, 0.717) is 22.6 Å². The Balaban J connectivity index is 1.85. The van der Waals surface area contributed by atoms with Gasteiger partial charge < -0.3 is 19.2 Å². The average Bonchev–Trinajstić information content (AvgIpc) is 3.33. The second kappa shape index (κ2) is 11.1. The maximum atomic E-state index is 12.8. The molecule has 11 nitrogen and oxygen atoms in total. The highest BCUT2D eigenvalue weighted by Gasteiger charge is 2.16. The molecule has 3 aromatic rings. The lowest BCUT2D eigenvalue weighted by Crippen LogP contribution is -2.32. The molecule has 0 aliphatic carbocycles. The van der Waals surface area contributed by atoms with Crippen LogP contribution in [0.25, 0.3) is 6.08 Å². The van der Waals surface area contributed by atoms with Crippen molar-refractivity contribution < 1.29 is 36.5 Å². The van der Waals surface area contributed by atoms with Gasteiger partial charge >= 0.3 is 10.1 Å². The number of hydrazone groups is 1. The Morgan fingerprint density at radius 3 is 2.34 bits per heavy atom. The Morgan fingerprint density at radius 2 is 1.71 bits per heavy atom. The number of ether oxygens (including phenoxy) is 2. The fourth-order valence-electron chi connectivity index (χ4n) is 2.81. The van der Waals surface area contributed by atoms with Gasteiger partial charge in [0.1, 0.15) is 11.5 Å². The Labute approximate surface area is 200 Å². The Hall–Kier alpha value is -4.42. The number of carbonyl (C=O) groups excluding carboxylic acids is 2. The van der Waals surface area contributed by atoms with Crippen molar-refractivity contribution in [3.8, 4) is 11.5 Å². The molecular formula is C23H21N3O8S. The summed E-state index contributed by atoms with van der Waals surface area (Å²) in [6.45, 7) is 0. The lowest BCUT2D eigenvalue weighted by molar-refractivity contribution is -0.117. The van der Waals surface area contributed by atoms with E-state index in [-0.39, 0.29) is 11.5 Å². The summed E-state index contributed by atoms with van der Waals surface area (Å²) >= 11 is 0. The van der Waals surface area contributed by atoms with Crippen LogP contribution in [-0.4, -0.2) is 45.2 Å². The molecule has 35 heavy (non-hydrogen) atoms. The van der Waals surface area contributed by atoms with Crippen LogP contribution in [0.2, 0.25) is 0 Å². The van der Waals surface area contributed by atoms with Gasteiger partial charge in [0, 0.05) is 5.56 Å². The lowest BCUT2D eigenvalue weighted by Gasteiger charge is -2.11. The van der Waals surface area contributed by atoms with Crippen molar-refractivity contribution >= 4 is 34.2 Å². The van der Waals surface area contributed by atoms with Crippen molar-refractivity contribution in [3.05, 3.63) is 83.2 Å². The van der Waals surface area contributed by atoms with Crippen LogP contribution in [0.5, 0.6) is 11.5 Å². The first-order valence-electron chi connectivity index (χ1n) is 9.92. The topological polar surface area (TPSA) is 157 Å². The van der Waals surface area contributed by atoms with Gasteiger partial charge in [0.2, 0.25) is 5.09 Å². The smallest absolute Gasteiger partial charge is 0.328 e. The van der Waals surface area contributed by atoms with E-state index in [2.05, 4.69) is 15.8 Å². The molecule has 3 N–H and O–H groups in total. The molecule has 0 atom stereocenters. The van der Waals surface area contributed by atoms with Gasteiger partial charge in [-0.2, -0.15) is 13.5 Å². The van der Waals surface area contributed by atoms with Gasteiger partial charge in [-0.15, -0.1) is 0 Å². The summed E-state index contributed by atoms with van der Waals surface area (Å²) in [5, 5.41) is 5.59. The number of nitrogens with zero attached hydrogens (tertiary/aromatic N) is 1. The zero-order valence-electron chi connectivity index (χ0n) is 18.6. The third-order valence-electron chi connectivity index (χ3n) is 4.46. The third-order valence-corrected chi connectivity index (χ3v) is 5.19. The number of methoxy groups -OCH3 is 2. The first-order chi connectivity index (χ1) is 16.7. The Kier molecular flexibility index (Phi) is 8.02. The second-order valence-corrected chi connectivity index (χ2v) is 8.18. The number of nitrogens with one attached hydrogen (secondary N) is 2. The van der Waals surface area contributed by atoms with E-state index in [9.17, 15) is 18.0 Å². The number of carbonyl (C=O) groups is 2. The second-order valence-electron chi connectivity index (χ2n) is 6.82. The SMILES string of the molecule is COc1ccc(/C=C(/NC(=O)c2ccccc2)C(=O)N/N=C/c2ccc(S(=O)(=O)O)o2)cc1OC. The molecule has 1 heterocycles. The molecule has 0 spiro atoms. The Morgan fingerprint density at radius 1 is 1.00 bits per heavy atom. The quantitative estimate of drug-likeness (QED) is 0.175. The van der Waals surface area contributed by atoms with E-state index in [1.165, 1.54) is 26.4 Å². The maximum Gasteiger partial charge on any atom is 0.328 e. The van der Waals surface area contributed by atoms with Gasteiger partial charge in [0.25, 0.3) is 11.8 Å². The van der Waals surface area contributed by atoms with Crippen LogP contribution >= 0.6 is 0 Å². The first kappa shape index (κ1) is 25.2. The summed E-state index contributed by atoms with van der Waals surface area (Å²) in [7, 11) is -1.56. The summed E-state index contributed by atoms with van der Waals surface area (Å²) in [4.78, 5) is 25.5. The molecule has 0 bridgehead atoms. The van der Waals surface area contributed by atoms with Crippen LogP contribution in [0.1, 0.15) is 21.7 Å². The molecule has 0 unspecified atom stereocenters. The van der Waals surface area contributed by atoms with Gasteiger partial charge in [-0.25, -0.2) is 5.43 Å². The normalized spacial score (nSPS) is 11.8. The number of amides is 2. The number of hydrogen-bond donors (Lipinski definition) is 3. The largest absolute Gasteiger partial charge is 0.493 e. The minimum atomic E-state index is -4.51. The minimum Gasteiger partial charge on any atom is -0.493 e. The van der Waals surface area contributed by atoms with E-state index < -0.39 is 27.0 Å². The highest BCUT2D eigenvalue weighted by Crippen LogP contribution is 2.28.